The fraction of sp³-hybridized carbons (Fsp3) is 0.387. The first kappa shape index (κ1) is 30.9. The molecule has 3 aromatic heterocycles. The highest BCUT2D eigenvalue weighted by atomic mass is 28.3. The maximum absolute atomic E-state index is 11.9. The van der Waals surface area contributed by atoms with Crippen molar-refractivity contribution in [3.05, 3.63) is 66.5 Å². The van der Waals surface area contributed by atoms with Crippen LogP contribution in [0.15, 0.2) is 60.8 Å². The Hall–Kier alpha value is -4.09. The molecule has 0 fully saturated rings. The van der Waals surface area contributed by atoms with Gasteiger partial charge >= 0.3 is 12.0 Å². The molecule has 0 radical (unpaired) electrons. The lowest BCUT2D eigenvalue weighted by Crippen LogP contribution is -2.32. The number of ether oxygens (including phenoxy) is 4. The Morgan fingerprint density at radius 3 is 2.29 bits per heavy atom. The number of hydrogen-bond donors (Lipinski definition) is 0. The third-order valence-electron chi connectivity index (χ3n) is 6.44. The number of benzene rings is 1. The molecule has 10 nitrogen and oxygen atoms in total. The maximum atomic E-state index is 11.9. The number of methoxy groups -OCH3 is 1. The first-order valence-corrected chi connectivity index (χ1v) is 17.6. The molecule has 0 unspecified atom stereocenters. The summed E-state index contributed by atoms with van der Waals surface area (Å²) in [4.78, 5) is 25.4. The van der Waals surface area contributed by atoms with E-state index in [1.807, 2.05) is 49.4 Å². The summed E-state index contributed by atoms with van der Waals surface area (Å²) in [5.74, 6) is 1.07. The first-order valence-electron chi connectivity index (χ1n) is 13.9. The minimum Gasteiger partial charge on any atom is -0.476 e. The van der Waals surface area contributed by atoms with Gasteiger partial charge < -0.3 is 18.9 Å². The van der Waals surface area contributed by atoms with Gasteiger partial charge in [0.05, 0.1) is 12.5 Å². The molecule has 3 heterocycles. The Balaban J connectivity index is 1.47. The molecule has 0 aliphatic heterocycles. The van der Waals surface area contributed by atoms with Gasteiger partial charge in [0, 0.05) is 49.8 Å². The van der Waals surface area contributed by atoms with E-state index < -0.39 is 13.5 Å². The predicted molar refractivity (Wildman–Crippen MR) is 163 cm³/mol. The van der Waals surface area contributed by atoms with E-state index in [2.05, 4.69) is 39.7 Å². The van der Waals surface area contributed by atoms with E-state index in [9.17, 15) is 4.79 Å². The fourth-order valence-corrected chi connectivity index (χ4v) is 4.60. The van der Waals surface area contributed by atoms with Crippen LogP contribution in [0.25, 0.3) is 22.5 Å². The second kappa shape index (κ2) is 13.3. The fourth-order valence-electron chi connectivity index (χ4n) is 3.85. The molecule has 0 atom stereocenters. The third-order valence-corrected chi connectivity index (χ3v) is 8.14. The Morgan fingerprint density at radius 2 is 1.64 bits per heavy atom. The minimum atomic E-state index is -1.22. The number of rotatable bonds is 13. The largest absolute Gasteiger partial charge is 0.476 e. The van der Waals surface area contributed by atoms with Crippen LogP contribution in [-0.2, 0) is 21.0 Å². The summed E-state index contributed by atoms with van der Waals surface area (Å²) in [6.07, 6.45) is 1.74. The summed E-state index contributed by atoms with van der Waals surface area (Å²) in [5, 5.41) is 4.68. The molecule has 1 aromatic carbocycles. The SMILES string of the molecule is COC(=O)C(C)(C)COc1ccc(-c2ccc(-c3nc(Oc4cccc(C)n4)n(COCC[Si](C)(C)C)n3)cc2)cn1. The summed E-state index contributed by atoms with van der Waals surface area (Å²) < 4.78 is 24.1. The maximum Gasteiger partial charge on any atom is 0.324 e. The zero-order chi connectivity index (χ0) is 30.3. The van der Waals surface area contributed by atoms with Crippen molar-refractivity contribution in [3.8, 4) is 40.3 Å². The van der Waals surface area contributed by atoms with Crippen LogP contribution in [0.4, 0.5) is 0 Å². The van der Waals surface area contributed by atoms with E-state index in [0.717, 1.165) is 28.4 Å². The molecular weight excluding hydrogens is 550 g/mol. The van der Waals surface area contributed by atoms with Crippen molar-refractivity contribution in [3.63, 3.8) is 0 Å². The number of aryl methyl sites for hydroxylation is 1. The van der Waals surface area contributed by atoms with Crippen LogP contribution in [0.5, 0.6) is 17.8 Å². The summed E-state index contributed by atoms with van der Waals surface area (Å²) in [6, 6.07) is 18.6. The summed E-state index contributed by atoms with van der Waals surface area (Å²) in [6.45, 7) is 13.4. The molecule has 0 bridgehead atoms. The molecule has 0 saturated heterocycles. The van der Waals surface area contributed by atoms with Gasteiger partial charge in [-0.05, 0) is 44.5 Å². The third kappa shape index (κ3) is 8.46. The van der Waals surface area contributed by atoms with Gasteiger partial charge in [-0.1, -0.05) is 50.0 Å². The van der Waals surface area contributed by atoms with Gasteiger partial charge in [0.1, 0.15) is 13.3 Å². The van der Waals surface area contributed by atoms with Crippen molar-refractivity contribution in [1.29, 1.82) is 0 Å². The Kier molecular flexibility index (Phi) is 9.74. The Morgan fingerprint density at radius 1 is 0.929 bits per heavy atom. The van der Waals surface area contributed by atoms with Crippen LogP contribution in [0.3, 0.4) is 0 Å². The van der Waals surface area contributed by atoms with Gasteiger partial charge in [0.25, 0.3) is 0 Å². The smallest absolute Gasteiger partial charge is 0.324 e. The monoisotopic (exact) mass is 589 g/mol. The Bertz CT molecular complexity index is 1480. The molecule has 0 spiro atoms. The molecule has 0 amide bonds. The van der Waals surface area contributed by atoms with Gasteiger partial charge in [-0.15, -0.1) is 5.10 Å². The lowest BCUT2D eigenvalue weighted by molar-refractivity contribution is -0.152. The number of nitrogens with zero attached hydrogens (tertiary/aromatic N) is 5. The van der Waals surface area contributed by atoms with Crippen molar-refractivity contribution < 1.29 is 23.7 Å². The van der Waals surface area contributed by atoms with E-state index in [0.29, 0.717) is 30.2 Å². The summed E-state index contributed by atoms with van der Waals surface area (Å²) >= 11 is 0. The molecule has 0 saturated carbocycles. The van der Waals surface area contributed by atoms with Crippen molar-refractivity contribution in [2.75, 3.05) is 20.3 Å². The number of carbonyl (C=O) groups excluding carboxylic acids is 1. The van der Waals surface area contributed by atoms with Gasteiger partial charge in [-0.2, -0.15) is 9.67 Å². The van der Waals surface area contributed by atoms with Crippen LogP contribution >= 0.6 is 0 Å². The quantitative estimate of drug-likeness (QED) is 0.0994. The number of carbonyl (C=O) groups is 1. The highest BCUT2D eigenvalue weighted by molar-refractivity contribution is 6.76. The molecule has 0 aliphatic carbocycles. The molecule has 0 N–H and O–H groups in total. The van der Waals surface area contributed by atoms with Crippen LogP contribution in [0.2, 0.25) is 25.7 Å². The second-order valence-corrected chi connectivity index (χ2v) is 17.5. The molecule has 42 heavy (non-hydrogen) atoms. The number of esters is 1. The summed E-state index contributed by atoms with van der Waals surface area (Å²) in [7, 11) is 0.148. The molecule has 222 valence electrons. The second-order valence-electron chi connectivity index (χ2n) is 11.9. The minimum absolute atomic E-state index is 0.162. The average molecular weight is 590 g/mol. The standard InChI is InChI=1S/C31H39N5O5Si/c1-22-9-8-10-27(33-22)41-30-34-28(35-36(30)21-39-17-18-42(5,6)7)24-13-11-23(12-14-24)25-15-16-26(32-19-25)40-20-31(2,3)29(37)38-4/h8-16,19H,17-18,20-21H2,1-7H3. The highest BCUT2D eigenvalue weighted by Crippen LogP contribution is 2.27. The van der Waals surface area contributed by atoms with Gasteiger partial charge in [0.15, 0.2) is 5.82 Å². The van der Waals surface area contributed by atoms with E-state index >= 15 is 0 Å². The van der Waals surface area contributed by atoms with Gasteiger partial charge in [0.2, 0.25) is 11.8 Å². The van der Waals surface area contributed by atoms with E-state index in [-0.39, 0.29) is 19.3 Å². The molecule has 0 aliphatic rings. The summed E-state index contributed by atoms with van der Waals surface area (Å²) in [5.41, 5.74) is 2.81. The van der Waals surface area contributed by atoms with Gasteiger partial charge in [-0.3, -0.25) is 4.79 Å². The van der Waals surface area contributed by atoms with E-state index in [1.54, 1.807) is 36.9 Å². The van der Waals surface area contributed by atoms with Gasteiger partial charge in [-0.25, -0.2) is 9.97 Å². The van der Waals surface area contributed by atoms with E-state index in [1.165, 1.54) is 7.11 Å². The lowest BCUT2D eigenvalue weighted by atomic mass is 9.95. The molecule has 11 heteroatoms. The van der Waals surface area contributed by atoms with E-state index in [4.69, 9.17) is 18.9 Å². The lowest BCUT2D eigenvalue weighted by Gasteiger charge is -2.21. The molecular formula is C31H39N5O5Si. The topological polar surface area (TPSA) is 110 Å². The number of aromatic nitrogens is 5. The zero-order valence-corrected chi connectivity index (χ0v) is 26.4. The van der Waals surface area contributed by atoms with Crippen LogP contribution in [0, 0.1) is 12.3 Å². The number of hydrogen-bond acceptors (Lipinski definition) is 9. The zero-order valence-electron chi connectivity index (χ0n) is 25.4. The van der Waals surface area contributed by atoms with Crippen molar-refractivity contribution in [1.82, 2.24) is 24.7 Å². The van der Waals surface area contributed by atoms with Crippen molar-refractivity contribution in [2.45, 2.75) is 53.2 Å². The van der Waals surface area contributed by atoms with Crippen molar-refractivity contribution >= 4 is 14.0 Å². The van der Waals surface area contributed by atoms with Crippen LogP contribution < -0.4 is 9.47 Å². The van der Waals surface area contributed by atoms with Crippen molar-refractivity contribution in [2.24, 2.45) is 5.41 Å². The Labute approximate surface area is 248 Å². The number of pyridine rings is 2. The van der Waals surface area contributed by atoms with Crippen LogP contribution in [0.1, 0.15) is 19.5 Å². The van der Waals surface area contributed by atoms with Crippen LogP contribution in [-0.4, -0.2) is 59.1 Å². The average Bonchev–Trinajstić information content (AvgIpc) is 3.36. The first-order chi connectivity index (χ1) is 19.9. The molecule has 4 aromatic rings. The normalized spacial score (nSPS) is 11.8. The predicted octanol–water partition coefficient (Wildman–Crippen LogP) is 6.39. The highest BCUT2D eigenvalue weighted by Gasteiger charge is 2.30. The molecule has 4 rings (SSSR count).